The Morgan fingerprint density at radius 1 is 1.44 bits per heavy atom. The van der Waals surface area contributed by atoms with E-state index in [9.17, 15) is 4.79 Å². The fourth-order valence-corrected chi connectivity index (χ4v) is 2.84. The van der Waals surface area contributed by atoms with Crippen LogP contribution in [0.1, 0.15) is 22.3 Å². The van der Waals surface area contributed by atoms with Crippen molar-refractivity contribution in [1.82, 2.24) is 0 Å². The number of allylic oxidation sites excluding steroid dienone is 4. The van der Waals surface area contributed by atoms with Gasteiger partial charge in [0, 0.05) is 22.0 Å². The first kappa shape index (κ1) is 11.4. The van der Waals surface area contributed by atoms with Gasteiger partial charge < -0.3 is 4.74 Å². The molecule has 0 aromatic heterocycles. The third-order valence-corrected chi connectivity index (χ3v) is 3.71. The highest BCUT2D eigenvalue weighted by Crippen LogP contribution is 2.41. The Kier molecular flexibility index (Phi) is 2.67. The van der Waals surface area contributed by atoms with Crippen LogP contribution in [0.5, 0.6) is 0 Å². The molecule has 3 nitrogen and oxygen atoms in total. The van der Waals surface area contributed by atoms with Gasteiger partial charge in [-0.25, -0.2) is 4.79 Å². The van der Waals surface area contributed by atoms with Crippen molar-refractivity contribution < 1.29 is 9.53 Å². The minimum Gasteiger partial charge on any atom is -0.465 e. The van der Waals surface area contributed by atoms with Crippen molar-refractivity contribution in [3.05, 3.63) is 46.0 Å². The highest BCUT2D eigenvalue weighted by atomic mass is 79.9. The van der Waals surface area contributed by atoms with Crippen molar-refractivity contribution in [2.75, 3.05) is 7.11 Å². The summed E-state index contributed by atoms with van der Waals surface area (Å²) in [4.78, 5) is 16.1. The second-order valence-electron chi connectivity index (χ2n) is 4.11. The number of fused-ring (bicyclic) bond motifs is 3. The number of hydrogen-bond donors (Lipinski definition) is 0. The van der Waals surface area contributed by atoms with E-state index >= 15 is 0 Å². The summed E-state index contributed by atoms with van der Waals surface area (Å²) in [7, 11) is 1.38. The van der Waals surface area contributed by atoms with E-state index in [1.165, 1.54) is 7.11 Å². The normalized spacial score (nSPS) is 16.2. The number of aliphatic imine (C=N–C) groups is 1. The molecule has 0 bridgehead atoms. The fourth-order valence-electron chi connectivity index (χ4n) is 2.21. The molecule has 0 atom stereocenters. The van der Waals surface area contributed by atoms with Crippen LogP contribution in [-0.2, 0) is 4.74 Å². The minimum absolute atomic E-state index is 0.325. The Morgan fingerprint density at radius 3 is 3.06 bits per heavy atom. The van der Waals surface area contributed by atoms with Gasteiger partial charge in [0.05, 0.1) is 24.1 Å². The number of carbonyl (C=O) groups excluding carboxylic acids is 1. The number of esters is 1. The zero-order valence-electron chi connectivity index (χ0n) is 9.74. The van der Waals surface area contributed by atoms with Crippen LogP contribution in [0.4, 0.5) is 5.69 Å². The number of carbonyl (C=O) groups is 1. The van der Waals surface area contributed by atoms with E-state index in [0.29, 0.717) is 5.56 Å². The second-order valence-corrected chi connectivity index (χ2v) is 4.97. The van der Waals surface area contributed by atoms with Gasteiger partial charge in [0.2, 0.25) is 0 Å². The Balaban J connectivity index is 2.16. The molecule has 0 saturated carbocycles. The largest absolute Gasteiger partial charge is 0.465 e. The molecule has 1 aromatic carbocycles. The van der Waals surface area contributed by atoms with E-state index in [-0.39, 0.29) is 5.97 Å². The summed E-state index contributed by atoms with van der Waals surface area (Å²) in [5.41, 5.74) is 4.58. The maximum absolute atomic E-state index is 11.6. The lowest BCUT2D eigenvalue weighted by atomic mass is 9.96. The van der Waals surface area contributed by atoms with Crippen molar-refractivity contribution in [1.29, 1.82) is 0 Å². The summed E-state index contributed by atoms with van der Waals surface area (Å²) in [6, 6.07) is 5.45. The van der Waals surface area contributed by atoms with E-state index in [2.05, 4.69) is 27.0 Å². The molecule has 4 heteroatoms. The average molecular weight is 304 g/mol. The standard InChI is InChI=1S/C14H10BrNO2/c1-18-14(17)8-5-6-11-9(7-8)13-10(15)3-2-4-12(13)16-11/h2-3,5-7H,4H2,1H3. The summed E-state index contributed by atoms with van der Waals surface area (Å²) < 4.78 is 5.75. The van der Waals surface area contributed by atoms with Crippen molar-refractivity contribution in [3.8, 4) is 0 Å². The molecule has 0 fully saturated rings. The summed E-state index contributed by atoms with van der Waals surface area (Å²) in [6.07, 6.45) is 4.92. The van der Waals surface area contributed by atoms with E-state index in [1.54, 1.807) is 6.07 Å². The van der Waals surface area contributed by atoms with Crippen molar-refractivity contribution in [2.45, 2.75) is 6.42 Å². The molecule has 2 aliphatic rings. The van der Waals surface area contributed by atoms with Crippen LogP contribution in [-0.4, -0.2) is 18.8 Å². The Hall–Kier alpha value is -1.68. The maximum Gasteiger partial charge on any atom is 0.337 e. The number of nitrogens with zero attached hydrogens (tertiary/aromatic N) is 1. The van der Waals surface area contributed by atoms with Gasteiger partial charge in [-0.05, 0) is 18.2 Å². The summed E-state index contributed by atoms with van der Waals surface area (Å²) >= 11 is 3.54. The number of benzene rings is 1. The Bertz CT molecular complexity index is 641. The Labute approximate surface area is 113 Å². The monoisotopic (exact) mass is 303 g/mol. The number of rotatable bonds is 1. The maximum atomic E-state index is 11.6. The predicted octanol–water partition coefficient (Wildman–Crippen LogP) is 3.63. The molecule has 0 radical (unpaired) electrons. The van der Waals surface area contributed by atoms with E-state index < -0.39 is 0 Å². The van der Waals surface area contributed by atoms with Crippen LogP contribution in [0, 0.1) is 0 Å². The molecule has 1 aromatic rings. The zero-order valence-corrected chi connectivity index (χ0v) is 11.3. The van der Waals surface area contributed by atoms with E-state index in [1.807, 2.05) is 18.2 Å². The van der Waals surface area contributed by atoms with Gasteiger partial charge in [0.15, 0.2) is 0 Å². The highest BCUT2D eigenvalue weighted by Gasteiger charge is 2.25. The molecule has 0 spiro atoms. The number of ether oxygens (including phenoxy) is 1. The van der Waals surface area contributed by atoms with Gasteiger partial charge in [0.1, 0.15) is 0 Å². The lowest BCUT2D eigenvalue weighted by Crippen LogP contribution is -2.03. The third-order valence-electron chi connectivity index (χ3n) is 3.05. The van der Waals surface area contributed by atoms with Crippen LogP contribution >= 0.6 is 15.9 Å². The quantitative estimate of drug-likeness (QED) is 0.743. The molecule has 0 saturated heterocycles. The fraction of sp³-hybridized carbons (Fsp3) is 0.143. The van der Waals surface area contributed by atoms with Gasteiger partial charge in [-0.2, -0.15) is 0 Å². The van der Waals surface area contributed by atoms with Gasteiger partial charge in [-0.1, -0.05) is 28.1 Å². The lowest BCUT2D eigenvalue weighted by molar-refractivity contribution is 0.0601. The van der Waals surface area contributed by atoms with Gasteiger partial charge in [0.25, 0.3) is 0 Å². The molecule has 1 heterocycles. The van der Waals surface area contributed by atoms with Crippen LogP contribution in [0.15, 0.2) is 39.8 Å². The first-order valence-corrected chi connectivity index (χ1v) is 6.37. The topological polar surface area (TPSA) is 38.7 Å². The van der Waals surface area contributed by atoms with Crippen LogP contribution < -0.4 is 0 Å². The van der Waals surface area contributed by atoms with Crippen LogP contribution in [0.25, 0.3) is 5.57 Å². The first-order valence-electron chi connectivity index (χ1n) is 5.57. The number of hydrogen-bond acceptors (Lipinski definition) is 3. The molecular formula is C14H10BrNO2. The summed E-state index contributed by atoms with van der Waals surface area (Å²) in [5.74, 6) is -0.325. The first-order chi connectivity index (χ1) is 8.70. The molecule has 90 valence electrons. The lowest BCUT2D eigenvalue weighted by Gasteiger charge is -2.10. The van der Waals surface area contributed by atoms with Gasteiger partial charge in [-0.15, -0.1) is 0 Å². The summed E-state index contributed by atoms with van der Waals surface area (Å²) in [6.45, 7) is 0. The SMILES string of the molecule is COC(=O)c1ccc2c(c1)C1=C(Br)C=CCC1=N2. The molecule has 1 aliphatic carbocycles. The second kappa shape index (κ2) is 4.21. The van der Waals surface area contributed by atoms with Gasteiger partial charge in [-0.3, -0.25) is 4.99 Å². The predicted molar refractivity (Wildman–Crippen MR) is 74.5 cm³/mol. The molecule has 0 N–H and O–H groups in total. The van der Waals surface area contributed by atoms with Crippen LogP contribution in [0.3, 0.4) is 0 Å². The van der Waals surface area contributed by atoms with Crippen LogP contribution in [0.2, 0.25) is 0 Å². The van der Waals surface area contributed by atoms with Crippen molar-refractivity contribution in [3.63, 3.8) is 0 Å². The molecular weight excluding hydrogens is 294 g/mol. The molecule has 3 rings (SSSR count). The van der Waals surface area contributed by atoms with Crippen molar-refractivity contribution >= 4 is 38.9 Å². The van der Waals surface area contributed by atoms with Gasteiger partial charge >= 0.3 is 5.97 Å². The Morgan fingerprint density at radius 2 is 2.28 bits per heavy atom. The molecule has 0 amide bonds. The van der Waals surface area contributed by atoms with Crippen molar-refractivity contribution in [2.24, 2.45) is 4.99 Å². The minimum atomic E-state index is -0.325. The molecule has 0 unspecified atom stereocenters. The summed E-state index contributed by atoms with van der Waals surface area (Å²) in [5, 5.41) is 0. The molecule has 18 heavy (non-hydrogen) atoms. The van der Waals surface area contributed by atoms with E-state index in [0.717, 1.165) is 33.4 Å². The number of methoxy groups -OCH3 is 1. The molecule has 1 aliphatic heterocycles. The average Bonchev–Trinajstić information content (AvgIpc) is 2.76. The highest BCUT2D eigenvalue weighted by molar-refractivity contribution is 9.12. The number of halogens is 1. The smallest absolute Gasteiger partial charge is 0.337 e. The zero-order chi connectivity index (χ0) is 12.7. The third kappa shape index (κ3) is 1.64. The van der Waals surface area contributed by atoms with E-state index in [4.69, 9.17) is 4.74 Å².